The summed E-state index contributed by atoms with van der Waals surface area (Å²) in [5.74, 6) is 1.48. The van der Waals surface area contributed by atoms with Crippen molar-refractivity contribution in [2.75, 3.05) is 11.9 Å². The van der Waals surface area contributed by atoms with Crippen LogP contribution in [0, 0.1) is 10.5 Å². The second-order valence-corrected chi connectivity index (χ2v) is 6.56. The van der Waals surface area contributed by atoms with E-state index in [9.17, 15) is 0 Å². The molecule has 3 heterocycles. The summed E-state index contributed by atoms with van der Waals surface area (Å²) >= 11 is 3.92. The van der Waals surface area contributed by atoms with Gasteiger partial charge < -0.3 is 5.32 Å². The van der Waals surface area contributed by atoms with Crippen LogP contribution in [-0.2, 0) is 0 Å². The van der Waals surface area contributed by atoms with Gasteiger partial charge in [-0.3, -0.25) is 0 Å². The molecule has 5 nitrogen and oxygen atoms in total. The molecule has 98 valence electrons. The lowest BCUT2D eigenvalue weighted by Gasteiger charge is -2.06. The van der Waals surface area contributed by atoms with Crippen LogP contribution in [0.3, 0.4) is 0 Å². The third-order valence-electron chi connectivity index (χ3n) is 2.60. The monoisotopic (exact) mass is 385 g/mol. The molecule has 7 heteroatoms. The predicted octanol–water partition coefficient (Wildman–Crippen LogP) is 3.22. The van der Waals surface area contributed by atoms with Gasteiger partial charge in [-0.15, -0.1) is 11.3 Å². The van der Waals surface area contributed by atoms with E-state index in [1.165, 1.54) is 4.88 Å². The quantitative estimate of drug-likeness (QED) is 0.704. The number of anilines is 1. The number of hydrogen-bond donors (Lipinski definition) is 1. The number of hydrogen-bond acceptors (Lipinski definition) is 5. The lowest BCUT2D eigenvalue weighted by Crippen LogP contribution is -2.06. The molecule has 19 heavy (non-hydrogen) atoms. The maximum absolute atomic E-state index is 4.57. The molecule has 0 saturated heterocycles. The van der Waals surface area contributed by atoms with Gasteiger partial charge in [0.05, 0.1) is 15.2 Å². The zero-order valence-electron chi connectivity index (χ0n) is 10.5. The minimum Gasteiger partial charge on any atom is -0.354 e. The summed E-state index contributed by atoms with van der Waals surface area (Å²) in [6.07, 6.45) is 3.78. The Balaban J connectivity index is 2.25. The average molecular weight is 385 g/mol. The Labute approximate surface area is 128 Å². The summed E-state index contributed by atoms with van der Waals surface area (Å²) in [7, 11) is 0. The summed E-state index contributed by atoms with van der Waals surface area (Å²) in [5.41, 5.74) is 0. The molecular weight excluding hydrogens is 373 g/mol. The molecule has 3 aromatic rings. The van der Waals surface area contributed by atoms with Gasteiger partial charge in [-0.25, -0.2) is 9.67 Å². The first-order valence-corrected chi connectivity index (χ1v) is 7.79. The Kier molecular flexibility index (Phi) is 3.40. The second kappa shape index (κ2) is 5.04. The van der Waals surface area contributed by atoms with Crippen LogP contribution in [0.1, 0.15) is 11.8 Å². The highest BCUT2D eigenvalue weighted by atomic mass is 127. The van der Waals surface area contributed by atoms with Crippen molar-refractivity contribution in [3.63, 3.8) is 0 Å². The maximum atomic E-state index is 4.57. The van der Waals surface area contributed by atoms with Gasteiger partial charge in [-0.05, 0) is 42.5 Å². The SMILES string of the molecule is CCNc1nc(-n2cc(I)cn2)c2cc(C)sc2n1. The predicted molar refractivity (Wildman–Crippen MR) is 86.2 cm³/mol. The van der Waals surface area contributed by atoms with Crippen LogP contribution in [0.5, 0.6) is 0 Å². The summed E-state index contributed by atoms with van der Waals surface area (Å²) in [6.45, 7) is 4.91. The average Bonchev–Trinajstić information content (AvgIpc) is 2.93. The van der Waals surface area contributed by atoms with Gasteiger partial charge in [0, 0.05) is 17.6 Å². The van der Waals surface area contributed by atoms with E-state index < -0.39 is 0 Å². The molecule has 0 unspecified atom stereocenters. The minimum absolute atomic E-state index is 0.650. The highest BCUT2D eigenvalue weighted by Gasteiger charge is 2.12. The summed E-state index contributed by atoms with van der Waals surface area (Å²) < 4.78 is 2.89. The molecule has 0 saturated carbocycles. The van der Waals surface area contributed by atoms with Crippen molar-refractivity contribution in [3.05, 3.63) is 26.9 Å². The number of nitrogens with one attached hydrogen (secondary N) is 1. The van der Waals surface area contributed by atoms with E-state index in [1.807, 2.05) is 19.3 Å². The lowest BCUT2D eigenvalue weighted by molar-refractivity contribution is 0.851. The van der Waals surface area contributed by atoms with E-state index in [4.69, 9.17) is 0 Å². The molecular formula is C12H12IN5S. The number of thiophene rings is 1. The molecule has 0 aromatic carbocycles. The van der Waals surface area contributed by atoms with Crippen LogP contribution >= 0.6 is 33.9 Å². The van der Waals surface area contributed by atoms with Crippen molar-refractivity contribution in [2.45, 2.75) is 13.8 Å². The molecule has 3 aromatic heterocycles. The minimum atomic E-state index is 0.650. The number of fused-ring (bicyclic) bond motifs is 1. The Morgan fingerprint density at radius 3 is 2.95 bits per heavy atom. The molecule has 0 bridgehead atoms. The summed E-state index contributed by atoms with van der Waals surface area (Å²) in [5, 5.41) is 8.55. The van der Waals surface area contributed by atoms with E-state index in [0.717, 1.165) is 26.1 Å². The molecule has 1 N–H and O–H groups in total. The van der Waals surface area contributed by atoms with Crippen LogP contribution in [-0.4, -0.2) is 26.3 Å². The third kappa shape index (κ3) is 2.44. The van der Waals surface area contributed by atoms with Gasteiger partial charge in [-0.1, -0.05) is 0 Å². The first-order chi connectivity index (χ1) is 9.17. The zero-order chi connectivity index (χ0) is 13.4. The normalized spacial score (nSPS) is 11.1. The van der Waals surface area contributed by atoms with Gasteiger partial charge in [-0.2, -0.15) is 10.1 Å². The van der Waals surface area contributed by atoms with Crippen LogP contribution in [0.25, 0.3) is 16.0 Å². The first-order valence-electron chi connectivity index (χ1n) is 5.90. The van der Waals surface area contributed by atoms with Crippen LogP contribution < -0.4 is 5.32 Å². The van der Waals surface area contributed by atoms with Crippen molar-refractivity contribution in [1.82, 2.24) is 19.7 Å². The first kappa shape index (κ1) is 12.8. The molecule has 0 amide bonds. The fourth-order valence-electron chi connectivity index (χ4n) is 1.86. The zero-order valence-corrected chi connectivity index (χ0v) is 13.5. The maximum Gasteiger partial charge on any atom is 0.226 e. The Hall–Kier alpha value is -1.22. The largest absolute Gasteiger partial charge is 0.354 e. The summed E-state index contributed by atoms with van der Waals surface area (Å²) in [4.78, 5) is 11.3. The molecule has 0 radical (unpaired) electrons. The standard InChI is InChI=1S/C12H12IN5S/c1-3-14-12-16-10(18-6-8(13)5-15-18)9-4-7(2)19-11(9)17-12/h4-6H,3H2,1-2H3,(H,14,16,17). The van der Waals surface area contributed by atoms with Crippen LogP contribution in [0.2, 0.25) is 0 Å². The van der Waals surface area contributed by atoms with Crippen LogP contribution in [0.15, 0.2) is 18.5 Å². The Bertz CT molecular complexity index is 733. The van der Waals surface area contributed by atoms with E-state index in [0.29, 0.717) is 5.95 Å². The molecule has 3 rings (SSSR count). The molecule has 0 atom stereocenters. The van der Waals surface area contributed by atoms with E-state index in [1.54, 1.807) is 16.0 Å². The lowest BCUT2D eigenvalue weighted by atomic mass is 10.3. The van der Waals surface area contributed by atoms with Crippen molar-refractivity contribution in [2.24, 2.45) is 0 Å². The highest BCUT2D eigenvalue weighted by molar-refractivity contribution is 14.1. The van der Waals surface area contributed by atoms with Crippen molar-refractivity contribution in [1.29, 1.82) is 0 Å². The number of rotatable bonds is 3. The number of aromatic nitrogens is 4. The molecule has 0 fully saturated rings. The molecule has 0 aliphatic rings. The Morgan fingerprint density at radius 1 is 1.42 bits per heavy atom. The van der Waals surface area contributed by atoms with E-state index in [2.05, 4.69) is 56.0 Å². The smallest absolute Gasteiger partial charge is 0.226 e. The van der Waals surface area contributed by atoms with Gasteiger partial charge in [0.1, 0.15) is 4.83 Å². The Morgan fingerprint density at radius 2 is 2.26 bits per heavy atom. The van der Waals surface area contributed by atoms with E-state index in [-0.39, 0.29) is 0 Å². The number of halogens is 1. The molecule has 0 spiro atoms. The van der Waals surface area contributed by atoms with Gasteiger partial charge in [0.25, 0.3) is 0 Å². The molecule has 0 aliphatic carbocycles. The topological polar surface area (TPSA) is 55.6 Å². The summed E-state index contributed by atoms with van der Waals surface area (Å²) in [6, 6.07) is 2.11. The van der Waals surface area contributed by atoms with Gasteiger partial charge >= 0.3 is 0 Å². The number of nitrogens with zero attached hydrogens (tertiary/aromatic N) is 4. The fourth-order valence-corrected chi connectivity index (χ4v) is 3.12. The van der Waals surface area contributed by atoms with E-state index >= 15 is 0 Å². The van der Waals surface area contributed by atoms with Crippen molar-refractivity contribution in [3.8, 4) is 5.82 Å². The van der Waals surface area contributed by atoms with Crippen LogP contribution in [0.4, 0.5) is 5.95 Å². The third-order valence-corrected chi connectivity index (χ3v) is 4.10. The highest BCUT2D eigenvalue weighted by Crippen LogP contribution is 2.28. The fraction of sp³-hybridized carbons (Fsp3) is 0.250. The van der Waals surface area contributed by atoms with Gasteiger partial charge in [0.2, 0.25) is 5.95 Å². The number of aryl methyl sites for hydroxylation is 1. The van der Waals surface area contributed by atoms with Gasteiger partial charge in [0.15, 0.2) is 5.82 Å². The van der Waals surface area contributed by atoms with Crippen molar-refractivity contribution < 1.29 is 0 Å². The molecule has 0 aliphatic heterocycles. The van der Waals surface area contributed by atoms with Crippen molar-refractivity contribution >= 4 is 50.1 Å². The second-order valence-electron chi connectivity index (χ2n) is 4.08.